The number of rotatable bonds is 2. The summed E-state index contributed by atoms with van der Waals surface area (Å²) in [6.07, 6.45) is 1.15. The molecule has 0 fully saturated rings. The van der Waals surface area contributed by atoms with E-state index in [1.807, 2.05) is 12.1 Å². The first-order valence-corrected chi connectivity index (χ1v) is 5.44. The van der Waals surface area contributed by atoms with Gasteiger partial charge in [0.15, 0.2) is 0 Å². The van der Waals surface area contributed by atoms with Crippen molar-refractivity contribution in [1.82, 2.24) is 0 Å². The third kappa shape index (κ3) is 2.00. The highest BCUT2D eigenvalue weighted by Crippen LogP contribution is 2.37. The molecule has 0 saturated carbocycles. The Labute approximate surface area is 98.5 Å². The largest absolute Gasteiger partial charge is 0.469 e. The summed E-state index contributed by atoms with van der Waals surface area (Å²) < 4.78 is 4.64. The molecule has 0 spiro atoms. The molecule has 2 rings (SSSR count). The summed E-state index contributed by atoms with van der Waals surface area (Å²) in [6, 6.07) is 6.23. The minimum absolute atomic E-state index is 0.389. The van der Waals surface area contributed by atoms with E-state index < -0.39 is 17.9 Å². The number of methoxy groups -OCH3 is 1. The summed E-state index contributed by atoms with van der Waals surface area (Å²) >= 11 is 0. The van der Waals surface area contributed by atoms with E-state index in [0.29, 0.717) is 18.4 Å². The van der Waals surface area contributed by atoms with Crippen molar-refractivity contribution in [3.8, 4) is 0 Å². The highest BCUT2D eigenvalue weighted by atomic mass is 16.6. The average Bonchev–Trinajstić information content (AvgIpc) is 2.36. The van der Waals surface area contributed by atoms with Gasteiger partial charge in [-0.05, 0) is 18.4 Å². The Hall–Kier alpha value is -1.91. The van der Waals surface area contributed by atoms with Crippen LogP contribution in [-0.4, -0.2) is 18.0 Å². The molecule has 0 amide bonds. The lowest BCUT2D eigenvalue weighted by molar-refractivity contribution is -0.537. The smallest absolute Gasteiger partial charge is 0.316 e. The minimum atomic E-state index is -0.979. The van der Waals surface area contributed by atoms with Crippen LogP contribution >= 0.6 is 0 Å². The van der Waals surface area contributed by atoms with Crippen LogP contribution < -0.4 is 0 Å². The third-order valence-electron chi connectivity index (χ3n) is 3.21. The van der Waals surface area contributed by atoms with Gasteiger partial charge in [0.25, 0.3) is 6.04 Å². The SMILES string of the molecule is COC(=O)C1CCc2ccccc2C1[N+](=O)[O-]. The van der Waals surface area contributed by atoms with Crippen LogP contribution in [0.15, 0.2) is 24.3 Å². The number of benzene rings is 1. The molecule has 0 N–H and O–H groups in total. The molecule has 1 aliphatic rings. The predicted molar refractivity (Wildman–Crippen MR) is 60.0 cm³/mol. The van der Waals surface area contributed by atoms with Crippen molar-refractivity contribution in [2.24, 2.45) is 5.92 Å². The second-order valence-electron chi connectivity index (χ2n) is 4.10. The fourth-order valence-electron chi connectivity index (χ4n) is 2.39. The van der Waals surface area contributed by atoms with E-state index in [4.69, 9.17) is 0 Å². The van der Waals surface area contributed by atoms with Gasteiger partial charge in [-0.25, -0.2) is 0 Å². The standard InChI is InChI=1S/C12H13NO4/c1-17-12(14)10-7-6-8-4-2-3-5-9(8)11(10)13(15)16/h2-5,10-11H,6-7H2,1H3. The summed E-state index contributed by atoms with van der Waals surface area (Å²) in [5.41, 5.74) is 1.59. The number of esters is 1. The molecule has 0 aliphatic heterocycles. The van der Waals surface area contributed by atoms with Crippen LogP contribution in [0.25, 0.3) is 0 Å². The molecule has 1 aromatic carbocycles. The zero-order valence-electron chi connectivity index (χ0n) is 9.46. The molecule has 2 unspecified atom stereocenters. The Kier molecular flexibility index (Phi) is 3.08. The summed E-state index contributed by atoms with van der Waals surface area (Å²) in [4.78, 5) is 22.3. The van der Waals surface area contributed by atoms with E-state index in [1.54, 1.807) is 12.1 Å². The van der Waals surface area contributed by atoms with Gasteiger partial charge in [0.05, 0.1) is 7.11 Å². The maximum Gasteiger partial charge on any atom is 0.316 e. The Bertz CT molecular complexity index is 458. The maximum absolute atomic E-state index is 11.6. The van der Waals surface area contributed by atoms with E-state index in [1.165, 1.54) is 7.11 Å². The molecule has 0 radical (unpaired) electrons. The van der Waals surface area contributed by atoms with E-state index in [2.05, 4.69) is 4.74 Å². The Morgan fingerprint density at radius 2 is 2.18 bits per heavy atom. The molecule has 2 atom stereocenters. The summed E-state index contributed by atoms with van der Waals surface area (Å²) in [6.45, 7) is 0. The van der Waals surface area contributed by atoms with E-state index >= 15 is 0 Å². The molecule has 90 valence electrons. The molecule has 0 aromatic heterocycles. The minimum Gasteiger partial charge on any atom is -0.469 e. The second-order valence-corrected chi connectivity index (χ2v) is 4.10. The van der Waals surface area contributed by atoms with Gasteiger partial charge in [0.2, 0.25) is 0 Å². The van der Waals surface area contributed by atoms with Gasteiger partial charge < -0.3 is 4.74 Å². The highest BCUT2D eigenvalue weighted by molar-refractivity contribution is 5.73. The molecule has 0 bridgehead atoms. The monoisotopic (exact) mass is 235 g/mol. The molecular weight excluding hydrogens is 222 g/mol. The molecule has 0 heterocycles. The highest BCUT2D eigenvalue weighted by Gasteiger charge is 2.43. The predicted octanol–water partition coefficient (Wildman–Crippen LogP) is 1.74. The maximum atomic E-state index is 11.6. The lowest BCUT2D eigenvalue weighted by atomic mass is 9.80. The van der Waals surface area contributed by atoms with Crippen LogP contribution in [0.2, 0.25) is 0 Å². The van der Waals surface area contributed by atoms with Crippen molar-refractivity contribution in [1.29, 1.82) is 0 Å². The van der Waals surface area contributed by atoms with Crippen LogP contribution in [0.3, 0.4) is 0 Å². The van der Waals surface area contributed by atoms with Gasteiger partial charge in [-0.3, -0.25) is 14.9 Å². The number of hydrogen-bond acceptors (Lipinski definition) is 4. The lowest BCUT2D eigenvalue weighted by Gasteiger charge is -2.25. The quantitative estimate of drug-likeness (QED) is 0.444. The normalized spacial score (nSPS) is 22.6. The Morgan fingerprint density at radius 1 is 1.47 bits per heavy atom. The number of nitrogens with zero attached hydrogens (tertiary/aromatic N) is 1. The number of fused-ring (bicyclic) bond motifs is 1. The van der Waals surface area contributed by atoms with Crippen molar-refractivity contribution < 1.29 is 14.5 Å². The van der Waals surface area contributed by atoms with Crippen LogP contribution in [0.1, 0.15) is 23.6 Å². The van der Waals surface area contributed by atoms with Gasteiger partial charge >= 0.3 is 5.97 Å². The zero-order valence-corrected chi connectivity index (χ0v) is 9.46. The molecular formula is C12H13NO4. The van der Waals surface area contributed by atoms with E-state index in [0.717, 1.165) is 5.56 Å². The summed E-state index contributed by atoms with van der Waals surface area (Å²) in [5.74, 6) is -1.17. The zero-order chi connectivity index (χ0) is 12.4. The van der Waals surface area contributed by atoms with E-state index in [-0.39, 0.29) is 4.92 Å². The Morgan fingerprint density at radius 3 is 2.82 bits per heavy atom. The number of carbonyl (C=O) groups excluding carboxylic acids is 1. The van der Waals surface area contributed by atoms with Gasteiger partial charge in [-0.15, -0.1) is 0 Å². The lowest BCUT2D eigenvalue weighted by Crippen LogP contribution is -2.33. The number of carbonyl (C=O) groups is 1. The van der Waals surface area contributed by atoms with Crippen LogP contribution in [0, 0.1) is 16.0 Å². The van der Waals surface area contributed by atoms with Crippen molar-refractivity contribution in [3.63, 3.8) is 0 Å². The van der Waals surface area contributed by atoms with Gasteiger partial charge in [-0.1, -0.05) is 24.3 Å². The first-order valence-electron chi connectivity index (χ1n) is 5.44. The van der Waals surface area contributed by atoms with Crippen molar-refractivity contribution >= 4 is 5.97 Å². The van der Waals surface area contributed by atoms with Crippen molar-refractivity contribution in [2.45, 2.75) is 18.9 Å². The first kappa shape index (κ1) is 11.6. The second kappa shape index (κ2) is 4.53. The third-order valence-corrected chi connectivity index (χ3v) is 3.21. The van der Waals surface area contributed by atoms with E-state index in [9.17, 15) is 14.9 Å². The molecule has 0 saturated heterocycles. The number of ether oxygens (including phenoxy) is 1. The number of hydrogen-bond donors (Lipinski definition) is 0. The van der Waals surface area contributed by atoms with Gasteiger partial charge in [-0.2, -0.15) is 0 Å². The molecule has 1 aliphatic carbocycles. The van der Waals surface area contributed by atoms with Crippen LogP contribution in [0.5, 0.6) is 0 Å². The first-order chi connectivity index (χ1) is 8.15. The number of aryl methyl sites for hydroxylation is 1. The topological polar surface area (TPSA) is 69.4 Å². The van der Waals surface area contributed by atoms with Crippen LogP contribution in [-0.2, 0) is 16.0 Å². The molecule has 5 heteroatoms. The summed E-state index contributed by atoms with van der Waals surface area (Å²) in [5, 5.41) is 11.1. The summed E-state index contributed by atoms with van der Waals surface area (Å²) in [7, 11) is 1.26. The van der Waals surface area contributed by atoms with Crippen molar-refractivity contribution in [3.05, 3.63) is 45.5 Å². The molecule has 17 heavy (non-hydrogen) atoms. The number of nitro groups is 1. The van der Waals surface area contributed by atoms with Gasteiger partial charge in [0, 0.05) is 10.5 Å². The van der Waals surface area contributed by atoms with Gasteiger partial charge in [0.1, 0.15) is 5.92 Å². The average molecular weight is 235 g/mol. The molecule has 1 aromatic rings. The Balaban J connectivity index is 2.43. The van der Waals surface area contributed by atoms with Crippen molar-refractivity contribution in [2.75, 3.05) is 7.11 Å². The molecule has 5 nitrogen and oxygen atoms in total. The fourth-order valence-corrected chi connectivity index (χ4v) is 2.39. The fraction of sp³-hybridized carbons (Fsp3) is 0.417. The van der Waals surface area contributed by atoms with Crippen LogP contribution in [0.4, 0.5) is 0 Å².